The van der Waals surface area contributed by atoms with Crippen LogP contribution in [0.2, 0.25) is 0 Å². The Hall–Kier alpha value is -2.49. The van der Waals surface area contributed by atoms with Crippen molar-refractivity contribution in [3.05, 3.63) is 54.1 Å². The largest absolute Gasteiger partial charge is 0.493 e. The van der Waals surface area contributed by atoms with E-state index in [4.69, 9.17) is 15.2 Å². The van der Waals surface area contributed by atoms with Crippen LogP contribution in [0.4, 0.5) is 5.69 Å². The first-order valence-electron chi connectivity index (χ1n) is 5.41. The fourth-order valence-electron chi connectivity index (χ4n) is 1.51. The Kier molecular flexibility index (Phi) is 3.48. The molecular weight excluding hydrogens is 230 g/mol. The molecule has 2 aromatic rings. The fraction of sp³-hybridized carbons (Fsp3) is 0.0714. The molecule has 4 nitrogen and oxygen atoms in total. The number of hydrogen-bond donors (Lipinski definition) is 1. The maximum Gasteiger partial charge on any atom is 0.343 e. The average molecular weight is 243 g/mol. The predicted octanol–water partition coefficient (Wildman–Crippen LogP) is 2.50. The zero-order chi connectivity index (χ0) is 13.0. The van der Waals surface area contributed by atoms with Crippen LogP contribution in [-0.4, -0.2) is 13.1 Å². The average Bonchev–Trinajstić information content (AvgIpc) is 2.40. The molecule has 0 aliphatic carbocycles. The molecule has 0 amide bonds. The third-order valence-electron chi connectivity index (χ3n) is 2.40. The van der Waals surface area contributed by atoms with Gasteiger partial charge in [0.1, 0.15) is 0 Å². The summed E-state index contributed by atoms with van der Waals surface area (Å²) in [5, 5.41) is 0. The Labute approximate surface area is 105 Å². The van der Waals surface area contributed by atoms with Crippen LogP contribution in [0.25, 0.3) is 0 Å². The molecule has 2 aromatic carbocycles. The van der Waals surface area contributed by atoms with Gasteiger partial charge in [0, 0.05) is 11.8 Å². The summed E-state index contributed by atoms with van der Waals surface area (Å²) < 4.78 is 10.4. The second-order valence-corrected chi connectivity index (χ2v) is 3.67. The lowest BCUT2D eigenvalue weighted by Crippen LogP contribution is -2.09. The highest BCUT2D eigenvalue weighted by atomic mass is 16.6. The molecular formula is C14H13NO3. The van der Waals surface area contributed by atoms with E-state index in [9.17, 15) is 4.79 Å². The van der Waals surface area contributed by atoms with Crippen LogP contribution >= 0.6 is 0 Å². The smallest absolute Gasteiger partial charge is 0.343 e. The molecule has 2 N–H and O–H groups in total. The molecule has 0 saturated carbocycles. The fourth-order valence-corrected chi connectivity index (χ4v) is 1.51. The van der Waals surface area contributed by atoms with Gasteiger partial charge in [0.2, 0.25) is 0 Å². The SMILES string of the molecule is COc1ccc(N)cc1OC(=O)c1ccccc1. The summed E-state index contributed by atoms with van der Waals surface area (Å²) in [6.07, 6.45) is 0. The molecule has 0 spiro atoms. The molecule has 0 saturated heterocycles. The number of hydrogen-bond acceptors (Lipinski definition) is 4. The van der Waals surface area contributed by atoms with E-state index in [0.29, 0.717) is 22.7 Å². The van der Waals surface area contributed by atoms with Crippen molar-refractivity contribution in [1.29, 1.82) is 0 Å². The number of nitrogen functional groups attached to an aromatic ring is 1. The van der Waals surface area contributed by atoms with Crippen molar-refractivity contribution in [2.45, 2.75) is 0 Å². The molecule has 0 aliphatic rings. The lowest BCUT2D eigenvalue weighted by molar-refractivity contribution is 0.0730. The lowest BCUT2D eigenvalue weighted by Gasteiger charge is -2.09. The molecule has 0 aromatic heterocycles. The van der Waals surface area contributed by atoms with E-state index in [-0.39, 0.29) is 0 Å². The van der Waals surface area contributed by atoms with Gasteiger partial charge in [-0.2, -0.15) is 0 Å². The number of ether oxygens (including phenoxy) is 2. The van der Waals surface area contributed by atoms with Gasteiger partial charge in [0.15, 0.2) is 11.5 Å². The van der Waals surface area contributed by atoms with Gasteiger partial charge in [-0.15, -0.1) is 0 Å². The lowest BCUT2D eigenvalue weighted by atomic mass is 10.2. The van der Waals surface area contributed by atoms with Crippen LogP contribution in [-0.2, 0) is 0 Å². The van der Waals surface area contributed by atoms with Gasteiger partial charge in [-0.25, -0.2) is 4.79 Å². The van der Waals surface area contributed by atoms with Gasteiger partial charge < -0.3 is 15.2 Å². The Balaban J connectivity index is 2.24. The second kappa shape index (κ2) is 5.23. The van der Waals surface area contributed by atoms with Crippen LogP contribution in [0, 0.1) is 0 Å². The van der Waals surface area contributed by atoms with Crippen LogP contribution in [0.15, 0.2) is 48.5 Å². The van der Waals surface area contributed by atoms with Gasteiger partial charge in [0.25, 0.3) is 0 Å². The van der Waals surface area contributed by atoms with E-state index in [2.05, 4.69) is 0 Å². The molecule has 92 valence electrons. The summed E-state index contributed by atoms with van der Waals surface area (Å²) >= 11 is 0. The number of esters is 1. The van der Waals surface area contributed by atoms with E-state index < -0.39 is 5.97 Å². The Morgan fingerprint density at radius 2 is 1.78 bits per heavy atom. The van der Waals surface area contributed by atoms with Crippen molar-refractivity contribution in [3.63, 3.8) is 0 Å². The molecule has 0 heterocycles. The van der Waals surface area contributed by atoms with Gasteiger partial charge in [-0.05, 0) is 24.3 Å². The summed E-state index contributed by atoms with van der Waals surface area (Å²) in [6.45, 7) is 0. The first-order valence-corrected chi connectivity index (χ1v) is 5.41. The maximum atomic E-state index is 11.9. The summed E-state index contributed by atoms with van der Waals surface area (Å²) in [5.74, 6) is 0.333. The third-order valence-corrected chi connectivity index (χ3v) is 2.40. The third kappa shape index (κ3) is 2.60. The summed E-state index contributed by atoms with van der Waals surface area (Å²) in [6, 6.07) is 13.6. The highest BCUT2D eigenvalue weighted by molar-refractivity contribution is 5.91. The maximum absolute atomic E-state index is 11.9. The minimum absolute atomic E-state index is 0.311. The van der Waals surface area contributed by atoms with Gasteiger partial charge in [-0.3, -0.25) is 0 Å². The number of rotatable bonds is 3. The predicted molar refractivity (Wildman–Crippen MR) is 68.8 cm³/mol. The number of methoxy groups -OCH3 is 1. The minimum Gasteiger partial charge on any atom is -0.493 e. The standard InChI is InChI=1S/C14H13NO3/c1-17-12-8-7-11(15)9-13(12)18-14(16)10-5-3-2-4-6-10/h2-9H,15H2,1H3. The highest BCUT2D eigenvalue weighted by Gasteiger charge is 2.12. The summed E-state index contributed by atoms with van der Waals surface area (Å²) in [4.78, 5) is 11.9. The van der Waals surface area contributed by atoms with Gasteiger partial charge in [-0.1, -0.05) is 18.2 Å². The number of nitrogens with two attached hydrogens (primary N) is 1. The zero-order valence-electron chi connectivity index (χ0n) is 9.92. The Morgan fingerprint density at radius 1 is 1.06 bits per heavy atom. The molecule has 0 aliphatic heterocycles. The first kappa shape index (κ1) is 12.0. The van der Waals surface area contributed by atoms with E-state index in [1.165, 1.54) is 7.11 Å². The van der Waals surface area contributed by atoms with Gasteiger partial charge >= 0.3 is 5.97 Å². The summed E-state index contributed by atoms with van der Waals surface area (Å²) in [5.41, 5.74) is 6.63. The summed E-state index contributed by atoms with van der Waals surface area (Å²) in [7, 11) is 1.51. The van der Waals surface area contributed by atoms with E-state index >= 15 is 0 Å². The van der Waals surface area contributed by atoms with Crippen molar-refractivity contribution >= 4 is 11.7 Å². The molecule has 2 rings (SSSR count). The first-order chi connectivity index (χ1) is 8.70. The second-order valence-electron chi connectivity index (χ2n) is 3.67. The number of carbonyl (C=O) groups excluding carboxylic acids is 1. The highest BCUT2D eigenvalue weighted by Crippen LogP contribution is 2.29. The van der Waals surface area contributed by atoms with E-state index in [1.807, 2.05) is 6.07 Å². The van der Waals surface area contributed by atoms with E-state index in [0.717, 1.165) is 0 Å². The van der Waals surface area contributed by atoms with Crippen molar-refractivity contribution in [2.24, 2.45) is 0 Å². The van der Waals surface area contributed by atoms with Gasteiger partial charge in [0.05, 0.1) is 12.7 Å². The Bertz CT molecular complexity index is 552. The van der Waals surface area contributed by atoms with Crippen molar-refractivity contribution in [2.75, 3.05) is 12.8 Å². The number of anilines is 1. The quantitative estimate of drug-likeness (QED) is 0.511. The molecule has 0 radical (unpaired) electrons. The molecule has 18 heavy (non-hydrogen) atoms. The van der Waals surface area contributed by atoms with Crippen LogP contribution < -0.4 is 15.2 Å². The molecule has 0 fully saturated rings. The van der Waals surface area contributed by atoms with Crippen LogP contribution in [0.5, 0.6) is 11.5 Å². The zero-order valence-corrected chi connectivity index (χ0v) is 9.92. The van der Waals surface area contributed by atoms with Crippen LogP contribution in [0.3, 0.4) is 0 Å². The molecule has 4 heteroatoms. The molecule has 0 atom stereocenters. The van der Waals surface area contributed by atoms with Crippen molar-refractivity contribution in [3.8, 4) is 11.5 Å². The monoisotopic (exact) mass is 243 g/mol. The van der Waals surface area contributed by atoms with E-state index in [1.54, 1.807) is 42.5 Å². The topological polar surface area (TPSA) is 61.6 Å². The minimum atomic E-state index is -0.445. The number of carbonyl (C=O) groups is 1. The normalized spacial score (nSPS) is 9.83. The van der Waals surface area contributed by atoms with Crippen molar-refractivity contribution < 1.29 is 14.3 Å². The molecule has 0 unspecified atom stereocenters. The molecule has 0 bridgehead atoms. The van der Waals surface area contributed by atoms with Crippen molar-refractivity contribution in [1.82, 2.24) is 0 Å². The number of benzene rings is 2. The van der Waals surface area contributed by atoms with Crippen LogP contribution in [0.1, 0.15) is 10.4 Å². The Morgan fingerprint density at radius 3 is 2.44 bits per heavy atom.